The molecule has 0 aliphatic carbocycles. The number of rotatable bonds is 6. The molecule has 0 aliphatic heterocycles. The number of Topliss-reactive ketones (excluding diaryl/α,β-unsaturated/α-hetero) is 1. The van der Waals surface area contributed by atoms with Gasteiger partial charge in [-0.15, -0.1) is 0 Å². The molecule has 0 radical (unpaired) electrons. The quantitative estimate of drug-likeness (QED) is 0.533. The standard InChI is InChI=1S/C13H23NO4/c1-7-18-13(17)11(10(6)15)12(16)14(8(2)3)9(4)5/h8-9,11H,7H2,1-6H3/t11-/m0/s1. The van der Waals surface area contributed by atoms with E-state index in [1.807, 2.05) is 27.7 Å². The lowest BCUT2D eigenvalue weighted by molar-refractivity contribution is -0.159. The molecule has 0 N–H and O–H groups in total. The minimum absolute atomic E-state index is 0.0752. The summed E-state index contributed by atoms with van der Waals surface area (Å²) in [6.45, 7) is 10.4. The number of nitrogens with zero attached hydrogens (tertiary/aromatic N) is 1. The molecule has 1 atom stereocenters. The van der Waals surface area contributed by atoms with Crippen LogP contribution in [-0.4, -0.2) is 41.3 Å². The predicted molar refractivity (Wildman–Crippen MR) is 67.9 cm³/mol. The van der Waals surface area contributed by atoms with Gasteiger partial charge in [0.15, 0.2) is 11.7 Å². The SMILES string of the molecule is CCOC(=O)[C@@H](C(C)=O)C(=O)N(C(C)C)C(C)C. The van der Waals surface area contributed by atoms with E-state index >= 15 is 0 Å². The Morgan fingerprint density at radius 3 is 1.78 bits per heavy atom. The zero-order chi connectivity index (χ0) is 14.5. The van der Waals surface area contributed by atoms with Gasteiger partial charge >= 0.3 is 5.97 Å². The molecule has 0 aromatic carbocycles. The van der Waals surface area contributed by atoms with Crippen LogP contribution in [-0.2, 0) is 19.1 Å². The molecule has 0 saturated carbocycles. The van der Waals surface area contributed by atoms with Gasteiger partial charge in [0, 0.05) is 12.1 Å². The summed E-state index contributed by atoms with van der Waals surface area (Å²) in [5.74, 6) is -3.06. The summed E-state index contributed by atoms with van der Waals surface area (Å²) in [6, 6.07) is -0.150. The van der Waals surface area contributed by atoms with Gasteiger partial charge in [-0.1, -0.05) is 0 Å². The van der Waals surface area contributed by atoms with Gasteiger partial charge in [0.1, 0.15) is 0 Å². The monoisotopic (exact) mass is 257 g/mol. The van der Waals surface area contributed by atoms with Gasteiger partial charge in [-0.05, 0) is 41.5 Å². The number of esters is 1. The maximum Gasteiger partial charge on any atom is 0.326 e. The Morgan fingerprint density at radius 2 is 1.50 bits per heavy atom. The molecule has 0 spiro atoms. The second kappa shape index (κ2) is 7.13. The molecular formula is C13H23NO4. The van der Waals surface area contributed by atoms with Crippen molar-refractivity contribution in [1.29, 1.82) is 0 Å². The average Bonchev–Trinajstić information content (AvgIpc) is 2.15. The molecule has 104 valence electrons. The molecule has 0 aliphatic rings. The summed E-state index contributed by atoms with van der Waals surface area (Å²) in [6.07, 6.45) is 0. The van der Waals surface area contributed by atoms with Crippen molar-refractivity contribution in [3.8, 4) is 0 Å². The fourth-order valence-electron chi connectivity index (χ4n) is 1.92. The maximum atomic E-state index is 12.3. The van der Waals surface area contributed by atoms with Gasteiger partial charge in [-0.25, -0.2) is 0 Å². The van der Waals surface area contributed by atoms with Crippen LogP contribution >= 0.6 is 0 Å². The van der Waals surface area contributed by atoms with Crippen LogP contribution in [0.3, 0.4) is 0 Å². The number of carbonyl (C=O) groups excluding carboxylic acids is 3. The van der Waals surface area contributed by atoms with Crippen molar-refractivity contribution in [1.82, 2.24) is 4.90 Å². The van der Waals surface area contributed by atoms with Crippen LogP contribution < -0.4 is 0 Å². The zero-order valence-corrected chi connectivity index (χ0v) is 12.0. The van der Waals surface area contributed by atoms with Gasteiger partial charge in [0.25, 0.3) is 0 Å². The molecule has 1 amide bonds. The van der Waals surface area contributed by atoms with Crippen molar-refractivity contribution in [2.24, 2.45) is 5.92 Å². The molecule has 0 saturated heterocycles. The molecule has 5 heteroatoms. The summed E-state index contributed by atoms with van der Waals surface area (Å²) in [7, 11) is 0. The average molecular weight is 257 g/mol. The van der Waals surface area contributed by atoms with Crippen molar-refractivity contribution >= 4 is 17.7 Å². The predicted octanol–water partition coefficient (Wildman–Crippen LogP) is 1.40. The van der Waals surface area contributed by atoms with E-state index in [2.05, 4.69) is 0 Å². The Balaban J connectivity index is 5.18. The lowest BCUT2D eigenvalue weighted by Crippen LogP contribution is -2.49. The first kappa shape index (κ1) is 16.6. The molecule has 0 aromatic heterocycles. The fourth-order valence-corrected chi connectivity index (χ4v) is 1.92. The third-order valence-corrected chi connectivity index (χ3v) is 2.54. The van der Waals surface area contributed by atoms with E-state index in [1.54, 1.807) is 6.92 Å². The molecule has 0 bridgehead atoms. The van der Waals surface area contributed by atoms with Crippen molar-refractivity contribution in [2.45, 2.75) is 53.6 Å². The van der Waals surface area contributed by atoms with Gasteiger partial charge in [-0.2, -0.15) is 0 Å². The number of hydrogen-bond acceptors (Lipinski definition) is 4. The van der Waals surface area contributed by atoms with E-state index in [0.29, 0.717) is 0 Å². The highest BCUT2D eigenvalue weighted by molar-refractivity contribution is 6.15. The van der Waals surface area contributed by atoms with Crippen LogP contribution in [0.2, 0.25) is 0 Å². The van der Waals surface area contributed by atoms with E-state index in [1.165, 1.54) is 11.8 Å². The molecule has 5 nitrogen and oxygen atoms in total. The highest BCUT2D eigenvalue weighted by atomic mass is 16.5. The highest BCUT2D eigenvalue weighted by Crippen LogP contribution is 2.14. The first-order chi connectivity index (χ1) is 8.23. The second-order valence-corrected chi connectivity index (χ2v) is 4.73. The lowest BCUT2D eigenvalue weighted by Gasteiger charge is -2.32. The summed E-state index contributed by atoms with van der Waals surface area (Å²) in [4.78, 5) is 37.0. The van der Waals surface area contributed by atoms with Crippen LogP contribution in [0.5, 0.6) is 0 Å². The fraction of sp³-hybridized carbons (Fsp3) is 0.769. The first-order valence-electron chi connectivity index (χ1n) is 6.23. The summed E-state index contributed by atoms with van der Waals surface area (Å²) in [5, 5.41) is 0. The van der Waals surface area contributed by atoms with Gasteiger partial charge in [0.2, 0.25) is 5.91 Å². The summed E-state index contributed by atoms with van der Waals surface area (Å²) in [5.41, 5.74) is 0. The molecule has 0 aromatic rings. The number of carbonyl (C=O) groups is 3. The van der Waals surface area contributed by atoms with Gasteiger partial charge in [-0.3, -0.25) is 14.4 Å². The molecule has 18 heavy (non-hydrogen) atoms. The number of amides is 1. The third kappa shape index (κ3) is 4.13. The minimum atomic E-state index is -1.34. The van der Waals surface area contributed by atoms with Crippen molar-refractivity contribution in [2.75, 3.05) is 6.61 Å². The van der Waals surface area contributed by atoms with Gasteiger partial charge < -0.3 is 9.64 Å². The second-order valence-electron chi connectivity index (χ2n) is 4.73. The summed E-state index contributed by atoms with van der Waals surface area (Å²) >= 11 is 0. The number of hydrogen-bond donors (Lipinski definition) is 0. The largest absolute Gasteiger partial charge is 0.465 e. The lowest BCUT2D eigenvalue weighted by atomic mass is 10.0. The van der Waals surface area contributed by atoms with Gasteiger partial charge in [0.05, 0.1) is 6.61 Å². The minimum Gasteiger partial charge on any atom is -0.465 e. The van der Waals surface area contributed by atoms with Crippen LogP contribution in [0.4, 0.5) is 0 Å². The van der Waals surface area contributed by atoms with Crippen molar-refractivity contribution < 1.29 is 19.1 Å². The molecule has 0 fully saturated rings. The van der Waals surface area contributed by atoms with E-state index in [-0.39, 0.29) is 18.7 Å². The Hall–Kier alpha value is -1.39. The smallest absolute Gasteiger partial charge is 0.326 e. The van der Waals surface area contributed by atoms with Crippen molar-refractivity contribution in [3.63, 3.8) is 0 Å². The normalized spacial score (nSPS) is 12.4. The Kier molecular flexibility index (Phi) is 6.58. The Morgan fingerprint density at radius 1 is 1.06 bits per heavy atom. The van der Waals surface area contributed by atoms with E-state index in [9.17, 15) is 14.4 Å². The van der Waals surface area contributed by atoms with E-state index in [0.717, 1.165) is 0 Å². The maximum absolute atomic E-state index is 12.3. The summed E-state index contributed by atoms with van der Waals surface area (Å²) < 4.78 is 4.79. The number of ether oxygens (including phenoxy) is 1. The Labute approximate surface area is 108 Å². The number of ketones is 1. The third-order valence-electron chi connectivity index (χ3n) is 2.54. The van der Waals surface area contributed by atoms with Crippen LogP contribution in [0.25, 0.3) is 0 Å². The first-order valence-corrected chi connectivity index (χ1v) is 6.23. The molecular weight excluding hydrogens is 234 g/mol. The Bertz CT molecular complexity index is 315. The van der Waals surface area contributed by atoms with Crippen LogP contribution in [0.15, 0.2) is 0 Å². The van der Waals surface area contributed by atoms with Crippen LogP contribution in [0, 0.1) is 5.92 Å². The molecule has 0 unspecified atom stereocenters. The molecule has 0 heterocycles. The van der Waals surface area contributed by atoms with Crippen LogP contribution in [0.1, 0.15) is 41.5 Å². The van der Waals surface area contributed by atoms with Crippen molar-refractivity contribution in [3.05, 3.63) is 0 Å². The van der Waals surface area contributed by atoms with E-state index in [4.69, 9.17) is 4.74 Å². The van der Waals surface area contributed by atoms with E-state index < -0.39 is 23.6 Å². The molecule has 0 rings (SSSR count). The zero-order valence-electron chi connectivity index (χ0n) is 12.0. The highest BCUT2D eigenvalue weighted by Gasteiger charge is 2.37. The topological polar surface area (TPSA) is 63.7 Å².